The Balaban J connectivity index is 2.08. The Kier molecular flexibility index (Phi) is 4.46. The number of hydrogen-bond acceptors (Lipinski definition) is 5. The van der Waals surface area contributed by atoms with Gasteiger partial charge in [0, 0.05) is 23.4 Å². The van der Waals surface area contributed by atoms with Crippen LogP contribution in [-0.2, 0) is 10.1 Å². The van der Waals surface area contributed by atoms with E-state index >= 15 is 0 Å². The van der Waals surface area contributed by atoms with E-state index in [1.54, 1.807) is 36.7 Å². The summed E-state index contributed by atoms with van der Waals surface area (Å²) in [5.41, 5.74) is 2.31. The third-order valence-corrected chi connectivity index (χ3v) is 3.07. The molecule has 0 spiro atoms. The van der Waals surface area contributed by atoms with Gasteiger partial charge < -0.3 is 10.1 Å². The van der Waals surface area contributed by atoms with Crippen molar-refractivity contribution in [3.63, 3.8) is 0 Å². The first-order valence-corrected chi connectivity index (χ1v) is 6.67. The molecule has 5 nitrogen and oxygen atoms in total. The minimum atomic E-state index is -0.357. The predicted octanol–water partition coefficient (Wildman–Crippen LogP) is 2.90. The molecule has 0 aliphatic rings. The second-order valence-corrected chi connectivity index (χ2v) is 4.30. The fourth-order valence-corrected chi connectivity index (χ4v) is 1.71. The number of rotatable bonds is 4. The number of halogens is 1. The highest BCUT2D eigenvalue weighted by Crippen LogP contribution is 2.14. The van der Waals surface area contributed by atoms with E-state index in [1.165, 1.54) is 7.11 Å². The lowest BCUT2D eigenvalue weighted by Crippen LogP contribution is -2.01. The number of hydrogen-bond donors (Lipinski definition) is 1. The van der Waals surface area contributed by atoms with E-state index in [1.807, 2.05) is 0 Å². The minimum absolute atomic E-state index is 0.357. The molecule has 1 heterocycles. The van der Waals surface area contributed by atoms with Gasteiger partial charge in [-0.2, -0.15) is 0 Å². The maximum absolute atomic E-state index is 11.3. The molecule has 0 saturated carbocycles. The standard InChI is InChI=1S/C13H12BrN3O2/c1-19-12(18)10-2-4-11(5-3-10)17-13-15-7-9(6-14)8-16-13/h2-5,7-8H,6H2,1H3,(H,15,16,17). The number of carbonyl (C=O) groups excluding carboxylic acids is 1. The van der Waals surface area contributed by atoms with Gasteiger partial charge in [0.05, 0.1) is 12.7 Å². The molecule has 0 saturated heterocycles. The van der Waals surface area contributed by atoms with Crippen LogP contribution in [-0.4, -0.2) is 23.0 Å². The summed E-state index contributed by atoms with van der Waals surface area (Å²) in [5, 5.41) is 3.77. The minimum Gasteiger partial charge on any atom is -0.465 e. The highest BCUT2D eigenvalue weighted by atomic mass is 79.9. The number of methoxy groups -OCH3 is 1. The lowest BCUT2D eigenvalue weighted by atomic mass is 10.2. The molecule has 1 aromatic heterocycles. The van der Waals surface area contributed by atoms with Crippen molar-refractivity contribution < 1.29 is 9.53 Å². The largest absolute Gasteiger partial charge is 0.465 e. The van der Waals surface area contributed by atoms with Crippen LogP contribution in [0.4, 0.5) is 11.6 Å². The fourth-order valence-electron chi connectivity index (χ4n) is 1.42. The Hall–Kier alpha value is -1.95. The van der Waals surface area contributed by atoms with Crippen LogP contribution < -0.4 is 5.32 Å². The number of esters is 1. The molecule has 0 fully saturated rings. The molecule has 1 N–H and O–H groups in total. The summed E-state index contributed by atoms with van der Waals surface area (Å²) in [6.45, 7) is 0. The zero-order valence-electron chi connectivity index (χ0n) is 10.3. The predicted molar refractivity (Wildman–Crippen MR) is 75.7 cm³/mol. The number of anilines is 2. The second kappa shape index (κ2) is 6.29. The maximum atomic E-state index is 11.3. The van der Waals surface area contributed by atoms with Crippen molar-refractivity contribution in [1.82, 2.24) is 9.97 Å². The van der Waals surface area contributed by atoms with Gasteiger partial charge in [0.25, 0.3) is 0 Å². The van der Waals surface area contributed by atoms with Crippen molar-refractivity contribution in [2.45, 2.75) is 5.33 Å². The maximum Gasteiger partial charge on any atom is 0.337 e. The normalized spacial score (nSPS) is 10.0. The smallest absolute Gasteiger partial charge is 0.337 e. The van der Waals surface area contributed by atoms with Crippen LogP contribution in [0.25, 0.3) is 0 Å². The molecule has 19 heavy (non-hydrogen) atoms. The van der Waals surface area contributed by atoms with Crippen LogP contribution in [0.15, 0.2) is 36.7 Å². The molecule has 0 radical (unpaired) electrons. The monoisotopic (exact) mass is 321 g/mol. The summed E-state index contributed by atoms with van der Waals surface area (Å²) in [5.74, 6) is 0.153. The number of carbonyl (C=O) groups is 1. The van der Waals surface area contributed by atoms with Gasteiger partial charge in [0.1, 0.15) is 0 Å². The molecule has 0 bridgehead atoms. The quantitative estimate of drug-likeness (QED) is 0.693. The van der Waals surface area contributed by atoms with E-state index in [0.29, 0.717) is 11.5 Å². The first-order chi connectivity index (χ1) is 9.22. The average Bonchev–Trinajstić information content (AvgIpc) is 2.48. The first kappa shape index (κ1) is 13.5. The molecular formula is C13H12BrN3O2. The van der Waals surface area contributed by atoms with Crippen LogP contribution in [0.5, 0.6) is 0 Å². The van der Waals surface area contributed by atoms with E-state index < -0.39 is 0 Å². The van der Waals surface area contributed by atoms with Crippen LogP contribution in [0, 0.1) is 0 Å². The summed E-state index contributed by atoms with van der Waals surface area (Å²) in [6.07, 6.45) is 3.49. The molecule has 0 aliphatic carbocycles. The summed E-state index contributed by atoms with van der Waals surface area (Å²) < 4.78 is 4.63. The van der Waals surface area contributed by atoms with E-state index in [0.717, 1.165) is 16.6 Å². The number of nitrogens with one attached hydrogen (secondary N) is 1. The van der Waals surface area contributed by atoms with Crippen molar-refractivity contribution >= 4 is 33.5 Å². The van der Waals surface area contributed by atoms with Gasteiger partial charge in [-0.25, -0.2) is 14.8 Å². The lowest BCUT2D eigenvalue weighted by Gasteiger charge is -2.05. The molecule has 2 aromatic rings. The van der Waals surface area contributed by atoms with Gasteiger partial charge in [-0.05, 0) is 29.8 Å². The molecular weight excluding hydrogens is 310 g/mol. The Morgan fingerprint density at radius 2 is 1.89 bits per heavy atom. The van der Waals surface area contributed by atoms with Crippen LogP contribution in [0.1, 0.15) is 15.9 Å². The summed E-state index contributed by atoms with van der Waals surface area (Å²) in [4.78, 5) is 19.6. The van der Waals surface area contributed by atoms with Gasteiger partial charge in [-0.3, -0.25) is 0 Å². The number of benzene rings is 1. The van der Waals surface area contributed by atoms with Gasteiger partial charge in [0.15, 0.2) is 0 Å². The Bertz CT molecular complexity index is 555. The molecule has 98 valence electrons. The zero-order valence-corrected chi connectivity index (χ0v) is 11.8. The SMILES string of the molecule is COC(=O)c1ccc(Nc2ncc(CBr)cn2)cc1. The number of aromatic nitrogens is 2. The highest BCUT2D eigenvalue weighted by molar-refractivity contribution is 9.08. The van der Waals surface area contributed by atoms with Crippen LogP contribution in [0.3, 0.4) is 0 Å². The molecule has 0 unspecified atom stereocenters. The zero-order chi connectivity index (χ0) is 13.7. The molecule has 0 atom stereocenters. The van der Waals surface area contributed by atoms with Gasteiger partial charge >= 0.3 is 5.97 Å². The van der Waals surface area contributed by atoms with E-state index in [2.05, 4.69) is 36.0 Å². The van der Waals surface area contributed by atoms with E-state index in [9.17, 15) is 4.79 Å². The number of alkyl halides is 1. The summed E-state index contributed by atoms with van der Waals surface area (Å²) in [7, 11) is 1.35. The Morgan fingerprint density at radius 1 is 1.26 bits per heavy atom. The molecule has 0 amide bonds. The average molecular weight is 322 g/mol. The van der Waals surface area contributed by atoms with E-state index in [4.69, 9.17) is 0 Å². The van der Waals surface area contributed by atoms with Crippen LogP contribution in [0.2, 0.25) is 0 Å². The third kappa shape index (κ3) is 3.51. The Labute approximate surface area is 119 Å². The summed E-state index contributed by atoms with van der Waals surface area (Å²) >= 11 is 3.33. The third-order valence-electron chi connectivity index (χ3n) is 2.42. The van der Waals surface area contributed by atoms with Crippen molar-refractivity contribution in [1.29, 1.82) is 0 Å². The molecule has 6 heteroatoms. The number of ether oxygens (including phenoxy) is 1. The topological polar surface area (TPSA) is 64.1 Å². The highest BCUT2D eigenvalue weighted by Gasteiger charge is 2.04. The van der Waals surface area contributed by atoms with Gasteiger partial charge in [0.2, 0.25) is 5.95 Å². The molecule has 2 rings (SSSR count). The summed E-state index contributed by atoms with van der Waals surface area (Å²) in [6, 6.07) is 6.91. The lowest BCUT2D eigenvalue weighted by molar-refractivity contribution is 0.0601. The Morgan fingerprint density at radius 3 is 2.42 bits per heavy atom. The van der Waals surface area contributed by atoms with Crippen molar-refractivity contribution in [2.75, 3.05) is 12.4 Å². The van der Waals surface area contributed by atoms with Crippen LogP contribution >= 0.6 is 15.9 Å². The first-order valence-electron chi connectivity index (χ1n) is 5.55. The molecule has 1 aromatic carbocycles. The van der Waals surface area contributed by atoms with Crippen molar-refractivity contribution in [3.8, 4) is 0 Å². The van der Waals surface area contributed by atoms with Gasteiger partial charge in [-0.1, -0.05) is 15.9 Å². The van der Waals surface area contributed by atoms with Crippen molar-refractivity contribution in [2.24, 2.45) is 0 Å². The fraction of sp³-hybridized carbons (Fsp3) is 0.154. The number of nitrogens with zero attached hydrogens (tertiary/aromatic N) is 2. The van der Waals surface area contributed by atoms with Crippen molar-refractivity contribution in [3.05, 3.63) is 47.8 Å². The second-order valence-electron chi connectivity index (χ2n) is 3.74. The van der Waals surface area contributed by atoms with E-state index in [-0.39, 0.29) is 5.97 Å². The van der Waals surface area contributed by atoms with Gasteiger partial charge in [-0.15, -0.1) is 0 Å². The molecule has 0 aliphatic heterocycles.